The zero-order chi connectivity index (χ0) is 21.2. The van der Waals surface area contributed by atoms with Crippen LogP contribution in [0, 0.1) is 5.82 Å². The second-order valence-electron chi connectivity index (χ2n) is 8.39. The Kier molecular flexibility index (Phi) is 6.01. The van der Waals surface area contributed by atoms with Crippen LogP contribution in [0.3, 0.4) is 0 Å². The van der Waals surface area contributed by atoms with Gasteiger partial charge in [0.2, 0.25) is 5.91 Å². The largest absolute Gasteiger partial charge is 0.345 e. The van der Waals surface area contributed by atoms with Crippen LogP contribution in [0.25, 0.3) is 0 Å². The number of pyridine rings is 1. The number of hydrogen-bond acceptors (Lipinski definition) is 3. The van der Waals surface area contributed by atoms with Crippen LogP contribution in [0.5, 0.6) is 0 Å². The molecule has 0 aliphatic carbocycles. The third-order valence-electron chi connectivity index (χ3n) is 5.67. The van der Waals surface area contributed by atoms with E-state index in [2.05, 4.69) is 4.98 Å². The number of aromatic nitrogens is 1. The highest BCUT2D eigenvalue weighted by Crippen LogP contribution is 2.31. The molecular weight excluding hydrogens is 369 g/mol. The molecule has 2 amide bonds. The molecule has 1 aromatic carbocycles. The number of nitrogens with zero attached hydrogens (tertiary/aromatic N) is 3. The molecule has 1 aliphatic rings. The van der Waals surface area contributed by atoms with E-state index in [1.807, 2.05) is 24.8 Å². The summed E-state index contributed by atoms with van der Waals surface area (Å²) in [6, 6.07) is 9.83. The second kappa shape index (κ2) is 8.31. The Labute approximate surface area is 171 Å². The standard InChI is InChI=1S/C23H28FN3O2/c1-23(2,18-8-10-19(24)11-9-18)22(29)27-13-5-6-17(15-27)20-12-7-16(14-25-20)21(28)26(3)4/h7-12,14,17H,5-6,13,15H2,1-4H3/t17-/m0/s1. The molecule has 1 aromatic heterocycles. The molecule has 0 saturated carbocycles. The molecule has 0 bridgehead atoms. The van der Waals surface area contributed by atoms with Crippen LogP contribution in [0.1, 0.15) is 54.2 Å². The summed E-state index contributed by atoms with van der Waals surface area (Å²) < 4.78 is 13.3. The molecule has 1 saturated heterocycles. The predicted molar refractivity (Wildman–Crippen MR) is 110 cm³/mol. The van der Waals surface area contributed by atoms with Crippen molar-refractivity contribution in [1.82, 2.24) is 14.8 Å². The number of halogens is 1. The number of carbonyl (C=O) groups is 2. The monoisotopic (exact) mass is 397 g/mol. The van der Waals surface area contributed by atoms with E-state index in [1.165, 1.54) is 17.0 Å². The fourth-order valence-electron chi connectivity index (χ4n) is 3.82. The van der Waals surface area contributed by atoms with E-state index in [0.717, 1.165) is 24.1 Å². The maximum Gasteiger partial charge on any atom is 0.254 e. The minimum absolute atomic E-state index is 0.0354. The molecule has 154 valence electrons. The van der Waals surface area contributed by atoms with Crippen molar-refractivity contribution in [2.45, 2.75) is 38.0 Å². The Morgan fingerprint density at radius 2 is 1.83 bits per heavy atom. The van der Waals surface area contributed by atoms with Crippen molar-refractivity contribution in [2.24, 2.45) is 0 Å². The molecule has 1 atom stereocenters. The van der Waals surface area contributed by atoms with Crippen molar-refractivity contribution in [3.8, 4) is 0 Å². The van der Waals surface area contributed by atoms with Crippen molar-refractivity contribution in [1.29, 1.82) is 0 Å². The van der Waals surface area contributed by atoms with E-state index in [4.69, 9.17) is 0 Å². The van der Waals surface area contributed by atoms with Gasteiger partial charge in [0.15, 0.2) is 0 Å². The normalized spacial score (nSPS) is 17.1. The molecule has 0 unspecified atom stereocenters. The zero-order valence-electron chi connectivity index (χ0n) is 17.5. The van der Waals surface area contributed by atoms with Crippen LogP contribution in [0.2, 0.25) is 0 Å². The number of piperidine rings is 1. The second-order valence-corrected chi connectivity index (χ2v) is 8.39. The Morgan fingerprint density at radius 1 is 1.14 bits per heavy atom. The van der Waals surface area contributed by atoms with Crippen LogP contribution in [0.15, 0.2) is 42.6 Å². The summed E-state index contributed by atoms with van der Waals surface area (Å²) in [6.45, 7) is 5.06. The van der Waals surface area contributed by atoms with Crippen LogP contribution in [0.4, 0.5) is 4.39 Å². The van der Waals surface area contributed by atoms with Crippen LogP contribution in [-0.4, -0.2) is 53.8 Å². The number of benzene rings is 1. The topological polar surface area (TPSA) is 53.5 Å². The highest BCUT2D eigenvalue weighted by molar-refractivity contribution is 5.93. The van der Waals surface area contributed by atoms with E-state index < -0.39 is 5.41 Å². The molecule has 2 heterocycles. The third kappa shape index (κ3) is 4.47. The van der Waals surface area contributed by atoms with Crippen LogP contribution >= 0.6 is 0 Å². The Balaban J connectivity index is 1.74. The van der Waals surface area contributed by atoms with Gasteiger partial charge in [-0.25, -0.2) is 4.39 Å². The highest BCUT2D eigenvalue weighted by atomic mass is 19.1. The van der Waals surface area contributed by atoms with Crippen molar-refractivity contribution in [3.05, 3.63) is 65.2 Å². The minimum Gasteiger partial charge on any atom is -0.345 e. The van der Waals surface area contributed by atoms with Crippen LogP contribution in [-0.2, 0) is 10.2 Å². The molecule has 5 nitrogen and oxygen atoms in total. The molecular formula is C23H28FN3O2. The smallest absolute Gasteiger partial charge is 0.254 e. The molecule has 0 spiro atoms. The Bertz CT molecular complexity index is 876. The van der Waals surface area contributed by atoms with E-state index in [0.29, 0.717) is 18.7 Å². The molecule has 3 rings (SSSR count). The Hall–Kier alpha value is -2.76. The quantitative estimate of drug-likeness (QED) is 0.792. The van der Waals surface area contributed by atoms with Gasteiger partial charge < -0.3 is 9.80 Å². The lowest BCUT2D eigenvalue weighted by Gasteiger charge is -2.37. The van der Waals surface area contributed by atoms with Crippen molar-refractivity contribution >= 4 is 11.8 Å². The van der Waals surface area contributed by atoms with Gasteiger partial charge in [-0.1, -0.05) is 12.1 Å². The lowest BCUT2D eigenvalue weighted by atomic mass is 9.82. The summed E-state index contributed by atoms with van der Waals surface area (Å²) in [5, 5.41) is 0. The highest BCUT2D eigenvalue weighted by Gasteiger charge is 2.36. The van der Waals surface area contributed by atoms with Crippen molar-refractivity contribution in [3.63, 3.8) is 0 Å². The molecule has 29 heavy (non-hydrogen) atoms. The van der Waals surface area contributed by atoms with Gasteiger partial charge in [0.25, 0.3) is 5.91 Å². The number of likely N-dealkylation sites (tertiary alicyclic amines) is 1. The van der Waals surface area contributed by atoms with E-state index in [-0.39, 0.29) is 23.5 Å². The fourth-order valence-corrected chi connectivity index (χ4v) is 3.82. The average molecular weight is 397 g/mol. The SMILES string of the molecule is CN(C)C(=O)c1ccc([C@H]2CCCN(C(=O)C(C)(C)c3ccc(F)cc3)C2)nc1. The van der Waals surface area contributed by atoms with Gasteiger partial charge in [-0.2, -0.15) is 0 Å². The number of amides is 2. The molecule has 1 aliphatic heterocycles. The summed E-state index contributed by atoms with van der Waals surface area (Å²) in [5.74, 6) is -0.212. The first kappa shape index (κ1) is 21.0. The lowest BCUT2D eigenvalue weighted by molar-refractivity contribution is -0.137. The van der Waals surface area contributed by atoms with Gasteiger partial charge in [-0.3, -0.25) is 14.6 Å². The predicted octanol–water partition coefficient (Wildman–Crippen LogP) is 3.61. The summed E-state index contributed by atoms with van der Waals surface area (Å²) in [5.41, 5.74) is 1.53. The van der Waals surface area contributed by atoms with Crippen molar-refractivity contribution in [2.75, 3.05) is 27.2 Å². The first-order valence-electron chi connectivity index (χ1n) is 9.93. The summed E-state index contributed by atoms with van der Waals surface area (Å²) in [6.07, 6.45) is 3.46. The van der Waals surface area contributed by atoms with Gasteiger partial charge in [-0.15, -0.1) is 0 Å². The lowest BCUT2D eigenvalue weighted by Crippen LogP contribution is -2.47. The molecule has 0 N–H and O–H groups in total. The molecule has 1 fully saturated rings. The summed E-state index contributed by atoms with van der Waals surface area (Å²) in [7, 11) is 3.42. The van der Waals surface area contributed by atoms with E-state index in [9.17, 15) is 14.0 Å². The third-order valence-corrected chi connectivity index (χ3v) is 5.67. The number of carbonyl (C=O) groups excluding carboxylic acids is 2. The zero-order valence-corrected chi connectivity index (χ0v) is 17.5. The van der Waals surface area contributed by atoms with Crippen LogP contribution < -0.4 is 0 Å². The molecule has 2 aromatic rings. The maximum atomic E-state index is 13.3. The Morgan fingerprint density at radius 3 is 2.41 bits per heavy atom. The fraction of sp³-hybridized carbons (Fsp3) is 0.435. The first-order valence-corrected chi connectivity index (χ1v) is 9.93. The summed E-state index contributed by atoms with van der Waals surface area (Å²) in [4.78, 5) is 33.2. The first-order chi connectivity index (χ1) is 13.7. The van der Waals surface area contributed by atoms with Gasteiger partial charge in [-0.05, 0) is 56.5 Å². The summed E-state index contributed by atoms with van der Waals surface area (Å²) >= 11 is 0. The van der Waals surface area contributed by atoms with E-state index >= 15 is 0 Å². The van der Waals surface area contributed by atoms with Gasteiger partial charge in [0, 0.05) is 45.0 Å². The molecule has 0 radical (unpaired) electrons. The number of rotatable bonds is 4. The maximum absolute atomic E-state index is 13.3. The van der Waals surface area contributed by atoms with E-state index in [1.54, 1.807) is 38.5 Å². The molecule has 6 heteroatoms. The number of hydrogen-bond donors (Lipinski definition) is 0. The van der Waals surface area contributed by atoms with Gasteiger partial charge in [0.1, 0.15) is 5.82 Å². The average Bonchev–Trinajstić information content (AvgIpc) is 2.73. The van der Waals surface area contributed by atoms with Gasteiger partial charge in [0.05, 0.1) is 11.0 Å². The minimum atomic E-state index is -0.731. The van der Waals surface area contributed by atoms with Gasteiger partial charge >= 0.3 is 0 Å². The van der Waals surface area contributed by atoms with Crippen molar-refractivity contribution < 1.29 is 14.0 Å².